The lowest BCUT2D eigenvalue weighted by Crippen LogP contribution is -2.44. The number of benzene rings is 1. The summed E-state index contributed by atoms with van der Waals surface area (Å²) < 4.78 is 0. The highest BCUT2D eigenvalue weighted by atomic mass is 16.4. The van der Waals surface area contributed by atoms with Crippen molar-refractivity contribution in [3.8, 4) is 0 Å². The van der Waals surface area contributed by atoms with Crippen molar-refractivity contribution in [2.75, 3.05) is 11.4 Å². The van der Waals surface area contributed by atoms with Gasteiger partial charge in [0.05, 0.1) is 6.42 Å². The van der Waals surface area contributed by atoms with Gasteiger partial charge in [-0.3, -0.25) is 19.8 Å². The Bertz CT molecular complexity index is 702. The van der Waals surface area contributed by atoms with Crippen molar-refractivity contribution in [1.82, 2.24) is 5.32 Å². The SMILES string of the molecule is C[C@H](CC(=O)O)NC(=O)C[C@H]1CCCN(c2ccc(C(=N)N)cc2)C1=O. The Balaban J connectivity index is 1.99. The average Bonchev–Trinajstić information content (AvgIpc) is 2.56. The monoisotopic (exact) mass is 360 g/mol. The number of carboxylic acids is 1. The summed E-state index contributed by atoms with van der Waals surface area (Å²) in [5.74, 6) is -1.87. The van der Waals surface area contributed by atoms with Crippen LogP contribution in [0.2, 0.25) is 0 Å². The van der Waals surface area contributed by atoms with Crippen LogP contribution < -0.4 is 16.0 Å². The van der Waals surface area contributed by atoms with E-state index in [1.165, 1.54) is 0 Å². The van der Waals surface area contributed by atoms with E-state index in [2.05, 4.69) is 5.32 Å². The summed E-state index contributed by atoms with van der Waals surface area (Å²) in [4.78, 5) is 37.1. The lowest BCUT2D eigenvalue weighted by atomic mass is 9.92. The molecule has 1 aromatic rings. The van der Waals surface area contributed by atoms with Gasteiger partial charge >= 0.3 is 5.97 Å². The van der Waals surface area contributed by atoms with E-state index in [1.807, 2.05) is 0 Å². The van der Waals surface area contributed by atoms with E-state index in [0.29, 0.717) is 24.2 Å². The second-order valence-electron chi connectivity index (χ2n) is 6.56. The highest BCUT2D eigenvalue weighted by Gasteiger charge is 2.31. The Kier molecular flexibility index (Phi) is 6.32. The van der Waals surface area contributed by atoms with Gasteiger partial charge in [-0.15, -0.1) is 0 Å². The standard InChI is InChI=1S/C18H24N4O4/c1-11(9-16(24)25)21-15(23)10-13-3-2-8-22(18(13)26)14-6-4-12(5-7-14)17(19)20/h4-7,11,13H,2-3,8-10H2,1H3,(H3,19,20)(H,21,23)(H,24,25)/t11-,13-/m1/s1. The van der Waals surface area contributed by atoms with Crippen molar-refractivity contribution < 1.29 is 19.5 Å². The number of amides is 2. The summed E-state index contributed by atoms with van der Waals surface area (Å²) in [6, 6.07) is 6.38. The van der Waals surface area contributed by atoms with Gasteiger partial charge in [0.25, 0.3) is 0 Å². The van der Waals surface area contributed by atoms with Crippen LogP contribution in [0.1, 0.15) is 38.2 Å². The molecule has 0 aromatic heterocycles. The number of anilines is 1. The molecule has 0 saturated carbocycles. The zero-order valence-electron chi connectivity index (χ0n) is 14.7. The molecule has 5 N–H and O–H groups in total. The summed E-state index contributed by atoms with van der Waals surface area (Å²) in [7, 11) is 0. The van der Waals surface area contributed by atoms with Crippen LogP contribution in [0.4, 0.5) is 5.69 Å². The fourth-order valence-electron chi connectivity index (χ4n) is 3.09. The quantitative estimate of drug-likeness (QED) is 0.426. The number of nitrogens with two attached hydrogens (primary N) is 1. The maximum atomic E-state index is 12.7. The van der Waals surface area contributed by atoms with Gasteiger partial charge in [-0.1, -0.05) is 0 Å². The largest absolute Gasteiger partial charge is 0.481 e. The van der Waals surface area contributed by atoms with Crippen molar-refractivity contribution >= 4 is 29.3 Å². The second kappa shape index (κ2) is 8.46. The van der Waals surface area contributed by atoms with Crippen molar-refractivity contribution in [1.29, 1.82) is 5.41 Å². The molecule has 1 aromatic carbocycles. The summed E-state index contributed by atoms with van der Waals surface area (Å²) in [6.45, 7) is 2.20. The van der Waals surface area contributed by atoms with Gasteiger partial charge in [0.1, 0.15) is 5.84 Å². The molecule has 2 rings (SSSR count). The highest BCUT2D eigenvalue weighted by Crippen LogP contribution is 2.26. The second-order valence-corrected chi connectivity index (χ2v) is 6.56. The number of piperidine rings is 1. The molecular weight excluding hydrogens is 336 g/mol. The molecule has 26 heavy (non-hydrogen) atoms. The molecular formula is C18H24N4O4. The van der Waals surface area contributed by atoms with Crippen LogP contribution in [-0.2, 0) is 14.4 Å². The summed E-state index contributed by atoms with van der Waals surface area (Å²) in [5, 5.41) is 18.8. The predicted molar refractivity (Wildman–Crippen MR) is 97.0 cm³/mol. The first-order valence-electron chi connectivity index (χ1n) is 8.55. The van der Waals surface area contributed by atoms with Gasteiger partial charge in [0, 0.05) is 36.2 Å². The molecule has 1 aliphatic heterocycles. The predicted octanol–water partition coefficient (Wildman–Crippen LogP) is 1.08. The van der Waals surface area contributed by atoms with Gasteiger partial charge in [0.2, 0.25) is 11.8 Å². The molecule has 8 nitrogen and oxygen atoms in total. The number of nitrogen functional groups attached to an aromatic ring is 1. The number of carboxylic acid groups (broad SMARTS) is 1. The van der Waals surface area contributed by atoms with Crippen LogP contribution in [0.25, 0.3) is 0 Å². The van der Waals surface area contributed by atoms with Crippen LogP contribution in [0.15, 0.2) is 24.3 Å². The van der Waals surface area contributed by atoms with Crippen molar-refractivity contribution in [2.45, 2.75) is 38.6 Å². The zero-order valence-corrected chi connectivity index (χ0v) is 14.7. The number of hydrogen-bond donors (Lipinski definition) is 4. The molecule has 8 heteroatoms. The lowest BCUT2D eigenvalue weighted by molar-refractivity contribution is -0.138. The van der Waals surface area contributed by atoms with Gasteiger partial charge in [-0.05, 0) is 44.0 Å². The number of hydrogen-bond acceptors (Lipinski definition) is 4. The van der Waals surface area contributed by atoms with Crippen LogP contribution >= 0.6 is 0 Å². The van der Waals surface area contributed by atoms with E-state index in [4.69, 9.17) is 16.2 Å². The molecule has 0 aliphatic carbocycles. The maximum Gasteiger partial charge on any atom is 0.305 e. The molecule has 1 aliphatic rings. The summed E-state index contributed by atoms with van der Waals surface area (Å²) in [5.41, 5.74) is 6.73. The minimum atomic E-state index is -0.980. The van der Waals surface area contributed by atoms with E-state index >= 15 is 0 Å². The Morgan fingerprint density at radius 2 is 2.04 bits per heavy atom. The van der Waals surface area contributed by atoms with Crippen LogP contribution in [0.3, 0.4) is 0 Å². The van der Waals surface area contributed by atoms with E-state index in [9.17, 15) is 14.4 Å². The van der Waals surface area contributed by atoms with Crippen LogP contribution in [0, 0.1) is 11.3 Å². The molecule has 140 valence electrons. The first kappa shape index (κ1) is 19.4. The molecule has 0 radical (unpaired) electrons. The number of rotatable bonds is 7. The maximum absolute atomic E-state index is 12.7. The number of nitrogens with zero attached hydrogens (tertiary/aromatic N) is 1. The van der Waals surface area contributed by atoms with E-state index in [-0.39, 0.29) is 30.5 Å². The topological polar surface area (TPSA) is 137 Å². The lowest BCUT2D eigenvalue weighted by Gasteiger charge is -2.32. The first-order chi connectivity index (χ1) is 12.3. The fourth-order valence-corrected chi connectivity index (χ4v) is 3.09. The van der Waals surface area contributed by atoms with E-state index in [0.717, 1.165) is 6.42 Å². The minimum absolute atomic E-state index is 0.0356. The van der Waals surface area contributed by atoms with Gasteiger partial charge in [-0.2, -0.15) is 0 Å². The number of nitrogens with one attached hydrogen (secondary N) is 2. The molecule has 1 fully saturated rings. The summed E-state index contributed by atoms with van der Waals surface area (Å²) in [6.07, 6.45) is 1.30. The number of amidine groups is 1. The Labute approximate surface area is 151 Å². The van der Waals surface area contributed by atoms with Gasteiger partial charge < -0.3 is 21.1 Å². The van der Waals surface area contributed by atoms with E-state index in [1.54, 1.807) is 36.1 Å². The fraction of sp³-hybridized carbons (Fsp3) is 0.444. The third-order valence-electron chi connectivity index (χ3n) is 4.36. The molecule has 1 heterocycles. The van der Waals surface area contributed by atoms with E-state index < -0.39 is 17.9 Å². The van der Waals surface area contributed by atoms with Crippen LogP contribution in [-0.4, -0.2) is 41.3 Å². The first-order valence-corrected chi connectivity index (χ1v) is 8.55. The van der Waals surface area contributed by atoms with Crippen molar-refractivity contribution in [3.63, 3.8) is 0 Å². The number of carbonyl (C=O) groups is 3. The summed E-state index contributed by atoms with van der Waals surface area (Å²) >= 11 is 0. The molecule has 0 spiro atoms. The number of carbonyl (C=O) groups excluding carboxylic acids is 2. The zero-order chi connectivity index (χ0) is 19.3. The number of aliphatic carboxylic acids is 1. The molecule has 2 atom stereocenters. The van der Waals surface area contributed by atoms with Crippen LogP contribution in [0.5, 0.6) is 0 Å². The Morgan fingerprint density at radius 3 is 2.62 bits per heavy atom. The van der Waals surface area contributed by atoms with Crippen molar-refractivity contribution in [3.05, 3.63) is 29.8 Å². The minimum Gasteiger partial charge on any atom is -0.481 e. The molecule has 0 bridgehead atoms. The van der Waals surface area contributed by atoms with Crippen molar-refractivity contribution in [2.24, 2.45) is 11.7 Å². The van der Waals surface area contributed by atoms with Gasteiger partial charge in [0.15, 0.2) is 0 Å². The molecule has 1 saturated heterocycles. The third kappa shape index (κ3) is 5.05. The molecule has 2 amide bonds. The molecule has 0 unspecified atom stereocenters. The normalized spacial score (nSPS) is 18.3. The Hall–Kier alpha value is -2.90. The van der Waals surface area contributed by atoms with Gasteiger partial charge in [-0.25, -0.2) is 0 Å². The third-order valence-corrected chi connectivity index (χ3v) is 4.36. The Morgan fingerprint density at radius 1 is 1.38 bits per heavy atom. The highest BCUT2D eigenvalue weighted by molar-refractivity contribution is 5.99. The smallest absolute Gasteiger partial charge is 0.305 e. The average molecular weight is 360 g/mol.